The summed E-state index contributed by atoms with van der Waals surface area (Å²) in [6.45, 7) is 1.14. The van der Waals surface area contributed by atoms with E-state index in [1.807, 2.05) is 6.92 Å². The lowest BCUT2D eigenvalue weighted by atomic mass is 10.1. The number of halogens is 3. The van der Waals surface area contributed by atoms with E-state index < -0.39 is 12.8 Å². The van der Waals surface area contributed by atoms with Crippen LogP contribution in [0.15, 0.2) is 24.3 Å². The Morgan fingerprint density at radius 2 is 1.95 bits per heavy atom. The number of hydrogen-bond donors (Lipinski definition) is 2. The highest BCUT2D eigenvalue weighted by molar-refractivity contribution is 5.78. The highest BCUT2D eigenvalue weighted by Gasteiger charge is 2.28. The second-order valence-corrected chi connectivity index (χ2v) is 4.61. The van der Waals surface area contributed by atoms with Crippen molar-refractivity contribution in [3.8, 4) is 5.75 Å². The summed E-state index contributed by atoms with van der Waals surface area (Å²) in [6.07, 6.45) is -3.70. The van der Waals surface area contributed by atoms with Crippen LogP contribution in [-0.2, 0) is 11.3 Å². The Morgan fingerprint density at radius 1 is 1.33 bits per heavy atom. The van der Waals surface area contributed by atoms with Crippen molar-refractivity contribution in [3.05, 3.63) is 29.8 Å². The monoisotopic (exact) mass is 304 g/mol. The molecule has 0 radical (unpaired) electrons. The van der Waals surface area contributed by atoms with Crippen molar-refractivity contribution in [1.82, 2.24) is 5.32 Å². The molecule has 0 saturated carbocycles. The van der Waals surface area contributed by atoms with E-state index in [-0.39, 0.29) is 24.1 Å². The molecule has 3 N–H and O–H groups in total. The van der Waals surface area contributed by atoms with E-state index in [1.54, 1.807) is 12.1 Å². The van der Waals surface area contributed by atoms with Gasteiger partial charge in [0, 0.05) is 19.0 Å². The molecule has 1 aromatic rings. The van der Waals surface area contributed by atoms with E-state index in [2.05, 4.69) is 10.1 Å². The minimum atomic E-state index is -4.36. The molecule has 0 spiro atoms. The number of alkyl halides is 3. The maximum Gasteiger partial charge on any atom is 0.422 e. The Bertz CT molecular complexity index is 443. The highest BCUT2D eigenvalue weighted by atomic mass is 19.4. The number of amides is 1. The SMILES string of the molecule is CCC(CN)C(=O)NCc1ccc(OCC(F)(F)F)cc1. The minimum absolute atomic E-state index is 0.127. The zero-order chi connectivity index (χ0) is 15.9. The zero-order valence-electron chi connectivity index (χ0n) is 11.7. The third-order valence-corrected chi connectivity index (χ3v) is 2.94. The molecule has 1 aromatic carbocycles. The van der Waals surface area contributed by atoms with Crippen LogP contribution in [0, 0.1) is 5.92 Å². The third-order valence-electron chi connectivity index (χ3n) is 2.94. The fourth-order valence-corrected chi connectivity index (χ4v) is 1.66. The summed E-state index contributed by atoms with van der Waals surface area (Å²) in [6, 6.07) is 6.09. The van der Waals surface area contributed by atoms with Crippen molar-refractivity contribution in [2.75, 3.05) is 13.2 Å². The van der Waals surface area contributed by atoms with Gasteiger partial charge < -0.3 is 15.8 Å². The molecule has 0 aliphatic heterocycles. The molecule has 0 aliphatic rings. The van der Waals surface area contributed by atoms with Gasteiger partial charge in [-0.1, -0.05) is 19.1 Å². The van der Waals surface area contributed by atoms with Crippen LogP contribution < -0.4 is 15.8 Å². The first kappa shape index (κ1) is 17.3. The summed E-state index contributed by atoms with van der Waals surface area (Å²) in [7, 11) is 0. The van der Waals surface area contributed by atoms with Crippen LogP contribution in [0.4, 0.5) is 13.2 Å². The number of ether oxygens (including phenoxy) is 1. The first-order valence-electron chi connectivity index (χ1n) is 6.62. The van der Waals surface area contributed by atoms with E-state index in [0.29, 0.717) is 13.0 Å². The van der Waals surface area contributed by atoms with Gasteiger partial charge in [0.05, 0.1) is 0 Å². The molecule has 0 bridgehead atoms. The van der Waals surface area contributed by atoms with Crippen LogP contribution in [-0.4, -0.2) is 25.2 Å². The van der Waals surface area contributed by atoms with Crippen molar-refractivity contribution in [2.24, 2.45) is 11.7 Å². The van der Waals surface area contributed by atoms with Gasteiger partial charge >= 0.3 is 6.18 Å². The average Bonchev–Trinajstić information content (AvgIpc) is 2.44. The molecular formula is C14H19F3N2O2. The van der Waals surface area contributed by atoms with Crippen molar-refractivity contribution in [3.63, 3.8) is 0 Å². The van der Waals surface area contributed by atoms with Crippen LogP contribution in [0.3, 0.4) is 0 Å². The van der Waals surface area contributed by atoms with Crippen molar-refractivity contribution in [2.45, 2.75) is 26.1 Å². The van der Waals surface area contributed by atoms with Gasteiger partial charge in [0.15, 0.2) is 6.61 Å². The summed E-state index contributed by atoms with van der Waals surface area (Å²) in [5.74, 6) is -0.215. The number of nitrogens with two attached hydrogens (primary N) is 1. The molecule has 21 heavy (non-hydrogen) atoms. The zero-order valence-corrected chi connectivity index (χ0v) is 11.7. The van der Waals surface area contributed by atoms with Gasteiger partial charge in [-0.05, 0) is 24.1 Å². The van der Waals surface area contributed by atoms with Gasteiger partial charge in [-0.2, -0.15) is 13.2 Å². The molecule has 0 fully saturated rings. The van der Waals surface area contributed by atoms with E-state index in [1.165, 1.54) is 12.1 Å². The summed E-state index contributed by atoms with van der Waals surface area (Å²) in [5.41, 5.74) is 6.24. The molecule has 0 aliphatic carbocycles. The van der Waals surface area contributed by atoms with Crippen molar-refractivity contribution in [1.29, 1.82) is 0 Å². The Morgan fingerprint density at radius 3 is 2.43 bits per heavy atom. The summed E-state index contributed by atoms with van der Waals surface area (Å²) >= 11 is 0. The Hall–Kier alpha value is -1.76. The lowest BCUT2D eigenvalue weighted by Crippen LogP contribution is -2.34. The lowest BCUT2D eigenvalue weighted by Gasteiger charge is -2.13. The van der Waals surface area contributed by atoms with Crippen LogP contribution in [0.2, 0.25) is 0 Å². The molecule has 118 valence electrons. The van der Waals surface area contributed by atoms with Gasteiger partial charge in [-0.3, -0.25) is 4.79 Å². The van der Waals surface area contributed by atoms with E-state index in [0.717, 1.165) is 5.56 Å². The van der Waals surface area contributed by atoms with E-state index >= 15 is 0 Å². The minimum Gasteiger partial charge on any atom is -0.484 e. The molecule has 7 heteroatoms. The maximum absolute atomic E-state index is 12.0. The van der Waals surface area contributed by atoms with Crippen LogP contribution in [0.1, 0.15) is 18.9 Å². The smallest absolute Gasteiger partial charge is 0.422 e. The van der Waals surface area contributed by atoms with Gasteiger partial charge in [0.1, 0.15) is 5.75 Å². The number of benzene rings is 1. The van der Waals surface area contributed by atoms with Crippen molar-refractivity contribution >= 4 is 5.91 Å². The van der Waals surface area contributed by atoms with Gasteiger partial charge in [0.25, 0.3) is 0 Å². The Balaban J connectivity index is 2.46. The van der Waals surface area contributed by atoms with Gasteiger partial charge in [-0.15, -0.1) is 0 Å². The van der Waals surface area contributed by atoms with E-state index in [4.69, 9.17) is 5.73 Å². The Labute approximate surface area is 121 Å². The van der Waals surface area contributed by atoms with E-state index in [9.17, 15) is 18.0 Å². The molecule has 0 heterocycles. The topological polar surface area (TPSA) is 64.4 Å². The molecule has 4 nitrogen and oxygen atoms in total. The third kappa shape index (κ3) is 6.48. The van der Waals surface area contributed by atoms with Crippen LogP contribution in [0.25, 0.3) is 0 Å². The first-order chi connectivity index (χ1) is 9.85. The van der Waals surface area contributed by atoms with Crippen LogP contribution in [0.5, 0.6) is 5.75 Å². The predicted octanol–water partition coefficient (Wildman–Crippen LogP) is 2.23. The fourth-order valence-electron chi connectivity index (χ4n) is 1.66. The first-order valence-corrected chi connectivity index (χ1v) is 6.62. The normalized spacial score (nSPS) is 12.8. The molecule has 1 rings (SSSR count). The highest BCUT2D eigenvalue weighted by Crippen LogP contribution is 2.18. The summed E-state index contributed by atoms with van der Waals surface area (Å²) in [4.78, 5) is 11.7. The predicted molar refractivity (Wildman–Crippen MR) is 72.7 cm³/mol. The molecule has 1 atom stereocenters. The molecular weight excluding hydrogens is 285 g/mol. The molecule has 1 amide bonds. The number of nitrogens with one attached hydrogen (secondary N) is 1. The number of carbonyl (C=O) groups excluding carboxylic acids is 1. The molecule has 0 saturated heterocycles. The molecule has 0 aromatic heterocycles. The molecule has 1 unspecified atom stereocenters. The number of rotatable bonds is 7. The fraction of sp³-hybridized carbons (Fsp3) is 0.500. The lowest BCUT2D eigenvalue weighted by molar-refractivity contribution is -0.153. The maximum atomic E-state index is 12.0. The van der Waals surface area contributed by atoms with Gasteiger partial charge in [0.2, 0.25) is 5.91 Å². The second-order valence-electron chi connectivity index (χ2n) is 4.61. The quantitative estimate of drug-likeness (QED) is 0.812. The number of hydrogen-bond acceptors (Lipinski definition) is 3. The van der Waals surface area contributed by atoms with Crippen LogP contribution >= 0.6 is 0 Å². The standard InChI is InChI=1S/C14H19F3N2O2/c1-2-11(7-18)13(20)19-8-10-3-5-12(6-4-10)21-9-14(15,16)17/h3-6,11H,2,7-9,18H2,1H3,(H,19,20). The summed E-state index contributed by atoms with van der Waals surface area (Å²) in [5, 5.41) is 2.74. The van der Waals surface area contributed by atoms with Gasteiger partial charge in [-0.25, -0.2) is 0 Å². The van der Waals surface area contributed by atoms with Crippen molar-refractivity contribution < 1.29 is 22.7 Å². The summed E-state index contributed by atoms with van der Waals surface area (Å²) < 4.78 is 40.6. The largest absolute Gasteiger partial charge is 0.484 e. The second kappa shape index (κ2) is 7.87. The average molecular weight is 304 g/mol. The number of carbonyl (C=O) groups is 1. The Kier molecular flexibility index (Phi) is 6.48.